The molecule has 1 aromatic rings. The first-order chi connectivity index (χ1) is 10.5. The predicted molar refractivity (Wildman–Crippen MR) is 90.0 cm³/mol. The van der Waals surface area contributed by atoms with Gasteiger partial charge in [-0.2, -0.15) is 35.4 Å². The molecule has 1 aromatic carbocycles. The van der Waals surface area contributed by atoms with Crippen LogP contribution >= 0.6 is 0 Å². The molecule has 24 heavy (non-hydrogen) atoms. The summed E-state index contributed by atoms with van der Waals surface area (Å²) < 4.78 is 23.0. The molecule has 6 nitrogen and oxygen atoms in total. The zero-order valence-electron chi connectivity index (χ0n) is 14.7. The average molecular weight is 430 g/mol. The molecule has 2 N–H and O–H groups in total. The summed E-state index contributed by atoms with van der Waals surface area (Å²) in [5.74, 6) is -0.991. The molecule has 0 aromatic heterocycles. The Labute approximate surface area is 170 Å². The summed E-state index contributed by atoms with van der Waals surface area (Å²) in [7, 11) is -3.88. The summed E-state index contributed by atoms with van der Waals surface area (Å²) in [4.78, 5) is 11.2. The Hall–Kier alpha value is -0.336. The maximum Gasteiger partial charge on any atom is 3.00 e. The van der Waals surface area contributed by atoms with Crippen LogP contribution in [-0.2, 0) is 47.5 Å². The van der Waals surface area contributed by atoms with Crippen LogP contribution in [-0.4, -0.2) is 41.7 Å². The van der Waals surface area contributed by atoms with Gasteiger partial charge in [-0.1, -0.05) is 13.8 Å². The Balaban J connectivity index is 0. The summed E-state index contributed by atoms with van der Waals surface area (Å²) in [5.41, 5.74) is 3.85. The van der Waals surface area contributed by atoms with Crippen LogP contribution in [0.1, 0.15) is 25.0 Å². The molecule has 0 unspecified atom stereocenters. The Morgan fingerprint density at radius 1 is 1.33 bits per heavy atom. The van der Waals surface area contributed by atoms with Crippen LogP contribution in [0.2, 0.25) is 0 Å². The first kappa shape index (κ1) is 25.9. The number of hydrogen-bond acceptors (Lipinski definition) is 4. The molecule has 0 aliphatic rings. The maximum atomic E-state index is 11.9. The number of carbonyl (C=O) groups excluding carboxylic acids is 1. The quantitative estimate of drug-likeness (QED) is 0.423. The fraction of sp³-hybridized carbons (Fsp3) is 0.438. The van der Waals surface area contributed by atoms with Crippen molar-refractivity contribution in [2.24, 2.45) is 0 Å². The minimum Gasteiger partial charge on any atom is -0.329 e. The molecule has 132 valence electrons. The second kappa shape index (κ2) is 11.3. The van der Waals surface area contributed by atoms with Gasteiger partial charge in [0, 0.05) is 0 Å². The summed E-state index contributed by atoms with van der Waals surface area (Å²) in [6.07, 6.45) is 0. The van der Waals surface area contributed by atoms with E-state index in [-0.39, 0.29) is 45.8 Å². The molecule has 0 spiro atoms. The van der Waals surface area contributed by atoms with Crippen molar-refractivity contribution in [3.63, 3.8) is 0 Å². The Morgan fingerprint density at radius 3 is 2.12 bits per heavy atom. The molecule has 1 amide bonds. The number of carbonyl (C=O) groups is 1. The van der Waals surface area contributed by atoms with Gasteiger partial charge < -0.3 is 13.8 Å². The largest absolute Gasteiger partial charge is 3.00 e. The maximum absolute atomic E-state index is 11.9. The SMILES string of the molecule is Cc1[c-]ccc(C)c1.[CH2-]CN(C[CH2-])S(=O)(=O)C(C)(C)C(=O)NO.[Y+3]. The Bertz CT molecular complexity index is 597. The third kappa shape index (κ3) is 6.88. The van der Waals surface area contributed by atoms with Crippen molar-refractivity contribution in [2.75, 3.05) is 13.1 Å². The molecule has 0 fully saturated rings. The van der Waals surface area contributed by atoms with Gasteiger partial charge in [0.15, 0.2) is 4.75 Å². The molecular formula is C16H25N2O4SY. The second-order valence-electron chi connectivity index (χ2n) is 5.40. The van der Waals surface area contributed by atoms with Gasteiger partial charge in [0.2, 0.25) is 10.0 Å². The molecule has 8 heteroatoms. The number of nitrogens with zero attached hydrogens (tertiary/aromatic N) is 1. The van der Waals surface area contributed by atoms with Gasteiger partial charge >= 0.3 is 32.7 Å². The number of amides is 1. The van der Waals surface area contributed by atoms with E-state index in [1.54, 1.807) is 0 Å². The average Bonchev–Trinajstić information content (AvgIpc) is 2.47. The van der Waals surface area contributed by atoms with E-state index in [9.17, 15) is 13.2 Å². The zero-order chi connectivity index (χ0) is 18.3. The van der Waals surface area contributed by atoms with E-state index in [0.717, 1.165) is 4.31 Å². The van der Waals surface area contributed by atoms with Crippen LogP contribution in [0.4, 0.5) is 0 Å². The summed E-state index contributed by atoms with van der Waals surface area (Å²) in [5, 5.41) is 8.45. The number of hydroxylamine groups is 1. The molecular weight excluding hydrogens is 405 g/mol. The normalized spacial score (nSPS) is 11.2. The van der Waals surface area contributed by atoms with Crippen LogP contribution in [0, 0.1) is 33.8 Å². The van der Waals surface area contributed by atoms with Gasteiger partial charge in [-0.15, -0.1) is 13.1 Å². The van der Waals surface area contributed by atoms with Crippen molar-refractivity contribution >= 4 is 15.9 Å². The molecule has 0 atom stereocenters. The Kier molecular flexibility index (Phi) is 12.2. The topological polar surface area (TPSA) is 86.7 Å². The third-order valence-corrected chi connectivity index (χ3v) is 5.75. The van der Waals surface area contributed by atoms with Crippen molar-refractivity contribution in [1.29, 1.82) is 0 Å². The molecule has 0 aliphatic carbocycles. The zero-order valence-corrected chi connectivity index (χ0v) is 18.3. The van der Waals surface area contributed by atoms with Gasteiger partial charge in [0.1, 0.15) is 0 Å². The molecule has 1 rings (SSSR count). The van der Waals surface area contributed by atoms with E-state index in [4.69, 9.17) is 5.21 Å². The number of nitrogens with one attached hydrogen (secondary N) is 1. The standard InChI is InChI=1S/C8H16N2O4S.C8H9.Y/c1-5-10(6-2)15(13,14)8(3,4)7(11)9-12;1-7-4-3-5-8(2)6-7;/h12H,1-2,5-6H2,3-4H3,(H,9,11);3-4,6H,1-2H3;/q-2;-1;+3. The van der Waals surface area contributed by atoms with E-state index in [1.807, 2.05) is 19.1 Å². The minimum absolute atomic E-state index is 0. The number of benzene rings is 1. The molecule has 0 saturated carbocycles. The van der Waals surface area contributed by atoms with E-state index in [0.29, 0.717) is 0 Å². The van der Waals surface area contributed by atoms with Crippen LogP contribution in [0.3, 0.4) is 0 Å². The van der Waals surface area contributed by atoms with Crippen molar-refractivity contribution in [1.82, 2.24) is 9.79 Å². The summed E-state index contributed by atoms with van der Waals surface area (Å²) >= 11 is 0. The van der Waals surface area contributed by atoms with Crippen LogP contribution in [0.5, 0.6) is 0 Å². The smallest absolute Gasteiger partial charge is 0.329 e. The second-order valence-corrected chi connectivity index (χ2v) is 7.89. The van der Waals surface area contributed by atoms with Crippen molar-refractivity contribution < 1.29 is 51.1 Å². The molecule has 0 radical (unpaired) electrons. The third-order valence-electron chi connectivity index (χ3n) is 3.23. The van der Waals surface area contributed by atoms with Gasteiger partial charge in [0.05, 0.1) is 0 Å². The van der Waals surface area contributed by atoms with Crippen LogP contribution < -0.4 is 5.48 Å². The van der Waals surface area contributed by atoms with Gasteiger partial charge in [-0.3, -0.25) is 14.3 Å². The first-order valence-corrected chi connectivity index (χ1v) is 8.46. The van der Waals surface area contributed by atoms with E-state index < -0.39 is 20.7 Å². The van der Waals surface area contributed by atoms with E-state index in [1.165, 1.54) is 30.5 Å². The Morgan fingerprint density at radius 2 is 1.83 bits per heavy atom. The first-order valence-electron chi connectivity index (χ1n) is 7.02. The molecule has 0 saturated heterocycles. The van der Waals surface area contributed by atoms with E-state index >= 15 is 0 Å². The van der Waals surface area contributed by atoms with Crippen molar-refractivity contribution in [3.05, 3.63) is 49.2 Å². The van der Waals surface area contributed by atoms with E-state index in [2.05, 4.69) is 32.9 Å². The fourth-order valence-electron chi connectivity index (χ4n) is 1.66. The molecule has 0 heterocycles. The van der Waals surface area contributed by atoms with Gasteiger partial charge in [0.25, 0.3) is 5.91 Å². The number of rotatable bonds is 5. The molecule has 0 aliphatic heterocycles. The molecule has 0 bridgehead atoms. The van der Waals surface area contributed by atoms with Gasteiger partial charge in [-0.05, 0) is 13.8 Å². The minimum atomic E-state index is -3.88. The van der Waals surface area contributed by atoms with Crippen LogP contribution in [0.15, 0.2) is 18.2 Å². The summed E-state index contributed by atoms with van der Waals surface area (Å²) in [6.45, 7) is 13.4. The monoisotopic (exact) mass is 430 g/mol. The van der Waals surface area contributed by atoms with Crippen LogP contribution in [0.25, 0.3) is 0 Å². The number of aryl methyl sites for hydroxylation is 2. The predicted octanol–water partition coefficient (Wildman–Crippen LogP) is 1.67. The summed E-state index contributed by atoms with van der Waals surface area (Å²) in [6, 6.07) is 9.18. The fourth-order valence-corrected chi connectivity index (χ4v) is 3.07. The van der Waals surface area contributed by atoms with Crippen molar-refractivity contribution in [2.45, 2.75) is 32.4 Å². The van der Waals surface area contributed by atoms with Crippen molar-refractivity contribution in [3.8, 4) is 0 Å². The number of sulfonamides is 1. The number of hydrogen-bond donors (Lipinski definition) is 2. The van der Waals surface area contributed by atoms with Gasteiger partial charge in [-0.25, -0.2) is 13.9 Å².